The molecule has 154 valence electrons. The van der Waals surface area contributed by atoms with Gasteiger partial charge in [0.1, 0.15) is 10.8 Å². The van der Waals surface area contributed by atoms with E-state index in [9.17, 15) is 14.4 Å². The highest BCUT2D eigenvalue weighted by Gasteiger charge is 2.30. The second-order valence-electron chi connectivity index (χ2n) is 6.34. The summed E-state index contributed by atoms with van der Waals surface area (Å²) in [4.78, 5) is 39.5. The molecule has 3 amide bonds. The monoisotopic (exact) mass is 417 g/mol. The van der Waals surface area contributed by atoms with Gasteiger partial charge in [-0.25, -0.2) is 4.79 Å². The van der Waals surface area contributed by atoms with Crippen molar-refractivity contribution in [2.75, 3.05) is 32.6 Å². The fraction of sp³-hybridized carbons (Fsp3) is 0.350. The lowest BCUT2D eigenvalue weighted by molar-refractivity contribution is 0.0962. The summed E-state index contributed by atoms with van der Waals surface area (Å²) in [5.74, 6) is 0.0993. The van der Waals surface area contributed by atoms with E-state index < -0.39 is 6.09 Å². The number of anilines is 1. The third-order valence-electron chi connectivity index (χ3n) is 4.60. The maximum absolute atomic E-state index is 12.7. The summed E-state index contributed by atoms with van der Waals surface area (Å²) < 4.78 is 10.2. The Morgan fingerprint density at radius 1 is 1.17 bits per heavy atom. The summed E-state index contributed by atoms with van der Waals surface area (Å²) in [6.45, 7) is 3.23. The Labute approximate surface area is 172 Å². The molecule has 2 aromatic rings. The van der Waals surface area contributed by atoms with Crippen molar-refractivity contribution in [2.45, 2.75) is 19.9 Å². The van der Waals surface area contributed by atoms with Crippen LogP contribution in [0.5, 0.6) is 5.75 Å². The molecule has 0 aliphatic carbocycles. The number of amides is 3. The number of ether oxygens (including phenoxy) is 2. The summed E-state index contributed by atoms with van der Waals surface area (Å²) >= 11 is 1.30. The number of carbonyl (C=O) groups excluding carboxylic acids is 3. The van der Waals surface area contributed by atoms with Gasteiger partial charge in [0.25, 0.3) is 11.8 Å². The Bertz CT molecular complexity index is 923. The summed E-state index contributed by atoms with van der Waals surface area (Å²) in [5, 5.41) is 5.96. The van der Waals surface area contributed by atoms with Gasteiger partial charge < -0.3 is 25.0 Å². The zero-order valence-electron chi connectivity index (χ0n) is 16.5. The van der Waals surface area contributed by atoms with Gasteiger partial charge >= 0.3 is 6.09 Å². The van der Waals surface area contributed by atoms with Crippen molar-refractivity contribution >= 4 is 34.2 Å². The lowest BCUT2D eigenvalue weighted by atomic mass is 10.0. The number of thiophene rings is 1. The van der Waals surface area contributed by atoms with Crippen molar-refractivity contribution in [1.82, 2.24) is 10.2 Å². The highest BCUT2D eigenvalue weighted by molar-refractivity contribution is 7.17. The van der Waals surface area contributed by atoms with E-state index in [2.05, 4.69) is 10.6 Å². The van der Waals surface area contributed by atoms with E-state index in [0.717, 1.165) is 10.4 Å². The molecule has 29 heavy (non-hydrogen) atoms. The molecule has 8 nitrogen and oxygen atoms in total. The molecule has 2 heterocycles. The van der Waals surface area contributed by atoms with Crippen LogP contribution in [0.15, 0.2) is 24.3 Å². The first-order valence-electron chi connectivity index (χ1n) is 9.22. The Kier molecular flexibility index (Phi) is 6.38. The molecule has 3 rings (SSSR count). The smallest absolute Gasteiger partial charge is 0.409 e. The first-order chi connectivity index (χ1) is 14.0. The third kappa shape index (κ3) is 4.34. The third-order valence-corrected chi connectivity index (χ3v) is 5.73. The van der Waals surface area contributed by atoms with Gasteiger partial charge in [-0.15, -0.1) is 11.3 Å². The number of benzene rings is 1. The molecular weight excluding hydrogens is 394 g/mol. The van der Waals surface area contributed by atoms with Crippen LogP contribution in [0.2, 0.25) is 0 Å². The van der Waals surface area contributed by atoms with E-state index in [0.29, 0.717) is 48.0 Å². The Hall–Kier alpha value is -3.07. The summed E-state index contributed by atoms with van der Waals surface area (Å²) in [6.07, 6.45) is 0.105. The molecule has 1 aliphatic heterocycles. The van der Waals surface area contributed by atoms with Crippen LogP contribution in [0, 0.1) is 0 Å². The Balaban J connectivity index is 1.86. The van der Waals surface area contributed by atoms with Crippen molar-refractivity contribution in [2.24, 2.45) is 0 Å². The first kappa shape index (κ1) is 20.7. The maximum atomic E-state index is 12.7. The molecule has 0 fully saturated rings. The molecule has 1 aliphatic rings. The van der Waals surface area contributed by atoms with E-state index in [1.54, 1.807) is 36.2 Å². The highest BCUT2D eigenvalue weighted by Crippen LogP contribution is 2.37. The molecule has 0 unspecified atom stereocenters. The van der Waals surface area contributed by atoms with Crippen LogP contribution in [0.1, 0.15) is 38.1 Å². The number of nitrogens with zero attached hydrogens (tertiary/aromatic N) is 1. The number of fused-ring (bicyclic) bond motifs is 1. The van der Waals surface area contributed by atoms with Crippen molar-refractivity contribution in [1.29, 1.82) is 0 Å². The average Bonchev–Trinajstić information content (AvgIpc) is 3.10. The number of hydrogen-bond donors (Lipinski definition) is 2. The molecule has 0 saturated carbocycles. The SMILES string of the molecule is CCOc1ccc(C(=O)Nc2sc3c(c2C(=O)NC)CCN(C(=O)OC)C3)cc1. The first-order valence-corrected chi connectivity index (χ1v) is 10.0. The zero-order chi connectivity index (χ0) is 21.0. The van der Waals surface area contributed by atoms with E-state index in [-0.39, 0.29) is 11.8 Å². The van der Waals surface area contributed by atoms with Crippen LogP contribution in [-0.2, 0) is 17.7 Å². The molecule has 0 radical (unpaired) electrons. The van der Waals surface area contributed by atoms with Gasteiger partial charge in [0.15, 0.2) is 0 Å². The van der Waals surface area contributed by atoms with Gasteiger partial charge in [0.05, 0.1) is 25.8 Å². The minimum atomic E-state index is -0.412. The highest BCUT2D eigenvalue weighted by atomic mass is 32.1. The quantitative estimate of drug-likeness (QED) is 0.780. The minimum Gasteiger partial charge on any atom is -0.494 e. The van der Waals surface area contributed by atoms with E-state index in [1.807, 2.05) is 6.92 Å². The standard InChI is InChI=1S/C20H23N3O5S/c1-4-28-13-7-5-12(6-8-13)17(24)22-19-16(18(25)21-2)14-9-10-23(20(26)27-3)11-15(14)29-19/h5-8H,4,9-11H2,1-3H3,(H,21,25)(H,22,24). The van der Waals surface area contributed by atoms with Gasteiger partial charge in [-0.05, 0) is 43.2 Å². The number of hydrogen-bond acceptors (Lipinski definition) is 6. The van der Waals surface area contributed by atoms with E-state index >= 15 is 0 Å². The maximum Gasteiger partial charge on any atom is 0.409 e. The van der Waals surface area contributed by atoms with Crippen LogP contribution >= 0.6 is 11.3 Å². The summed E-state index contributed by atoms with van der Waals surface area (Å²) in [6, 6.07) is 6.80. The predicted octanol–water partition coefficient (Wildman–Crippen LogP) is 2.88. The van der Waals surface area contributed by atoms with E-state index in [4.69, 9.17) is 9.47 Å². The van der Waals surface area contributed by atoms with Gasteiger partial charge in [0.2, 0.25) is 0 Å². The number of carbonyl (C=O) groups is 3. The largest absolute Gasteiger partial charge is 0.494 e. The predicted molar refractivity (Wildman–Crippen MR) is 110 cm³/mol. The number of methoxy groups -OCH3 is 1. The second kappa shape index (κ2) is 8.95. The van der Waals surface area contributed by atoms with Crippen LogP contribution in [-0.4, -0.2) is 50.1 Å². The molecule has 1 aromatic heterocycles. The molecule has 0 atom stereocenters. The van der Waals surface area contributed by atoms with Gasteiger partial charge in [-0.2, -0.15) is 0 Å². The molecule has 1 aromatic carbocycles. The Morgan fingerprint density at radius 3 is 2.52 bits per heavy atom. The molecular formula is C20H23N3O5S. The molecule has 9 heteroatoms. The second-order valence-corrected chi connectivity index (χ2v) is 7.45. The van der Waals surface area contributed by atoms with Crippen LogP contribution in [0.3, 0.4) is 0 Å². The van der Waals surface area contributed by atoms with Crippen molar-refractivity contribution in [3.63, 3.8) is 0 Å². The summed E-state index contributed by atoms with van der Waals surface area (Å²) in [7, 11) is 2.89. The minimum absolute atomic E-state index is 0.268. The number of nitrogens with one attached hydrogen (secondary N) is 2. The fourth-order valence-electron chi connectivity index (χ4n) is 3.19. The lowest BCUT2D eigenvalue weighted by Gasteiger charge is -2.25. The molecule has 0 spiro atoms. The van der Waals surface area contributed by atoms with Gasteiger partial charge in [-0.1, -0.05) is 0 Å². The normalized spacial score (nSPS) is 12.7. The molecule has 0 bridgehead atoms. The average molecular weight is 417 g/mol. The van der Waals surface area contributed by atoms with Crippen molar-refractivity contribution in [3.8, 4) is 5.75 Å². The Morgan fingerprint density at radius 2 is 1.90 bits per heavy atom. The fourth-order valence-corrected chi connectivity index (χ4v) is 4.44. The van der Waals surface area contributed by atoms with Gasteiger partial charge in [0, 0.05) is 24.0 Å². The zero-order valence-corrected chi connectivity index (χ0v) is 17.4. The summed E-state index contributed by atoms with van der Waals surface area (Å²) in [5.41, 5.74) is 1.77. The lowest BCUT2D eigenvalue weighted by Crippen LogP contribution is -2.35. The van der Waals surface area contributed by atoms with Crippen molar-refractivity contribution in [3.05, 3.63) is 45.8 Å². The number of rotatable bonds is 5. The topological polar surface area (TPSA) is 97.0 Å². The van der Waals surface area contributed by atoms with Crippen LogP contribution in [0.25, 0.3) is 0 Å². The van der Waals surface area contributed by atoms with Crippen LogP contribution < -0.4 is 15.4 Å². The van der Waals surface area contributed by atoms with Crippen molar-refractivity contribution < 1.29 is 23.9 Å². The van der Waals surface area contributed by atoms with Crippen LogP contribution in [0.4, 0.5) is 9.80 Å². The van der Waals surface area contributed by atoms with E-state index in [1.165, 1.54) is 18.4 Å². The van der Waals surface area contributed by atoms with Gasteiger partial charge in [-0.3, -0.25) is 9.59 Å². The molecule has 0 saturated heterocycles. The molecule has 2 N–H and O–H groups in total.